The molecule has 6 nitrogen and oxygen atoms in total. The van der Waals surface area contributed by atoms with E-state index in [0.29, 0.717) is 22.9 Å². The fraction of sp³-hybridized carbons (Fsp3) is 0.450. The van der Waals surface area contributed by atoms with Crippen molar-refractivity contribution in [2.24, 2.45) is 5.92 Å². The van der Waals surface area contributed by atoms with Crippen molar-refractivity contribution in [3.8, 4) is 5.88 Å². The van der Waals surface area contributed by atoms with E-state index in [1.165, 1.54) is 12.8 Å². The Kier molecular flexibility index (Phi) is 6.45. The molecule has 0 aliphatic carbocycles. The van der Waals surface area contributed by atoms with Gasteiger partial charge in [0.25, 0.3) is 0 Å². The second kappa shape index (κ2) is 8.99. The van der Waals surface area contributed by atoms with Crippen molar-refractivity contribution in [2.45, 2.75) is 32.7 Å². The van der Waals surface area contributed by atoms with Gasteiger partial charge in [-0.3, -0.25) is 0 Å². The van der Waals surface area contributed by atoms with Crippen molar-refractivity contribution in [3.63, 3.8) is 0 Å². The summed E-state index contributed by atoms with van der Waals surface area (Å²) in [6.45, 7) is 6.33. The maximum Gasteiger partial charge on any atom is 0.234 e. The van der Waals surface area contributed by atoms with Gasteiger partial charge in [0.2, 0.25) is 11.8 Å². The number of nitrogens with one attached hydrogen (secondary N) is 2. The molecule has 3 rings (SSSR count). The fourth-order valence-electron chi connectivity index (χ4n) is 3.29. The minimum atomic E-state index is 0.0826. The zero-order valence-corrected chi connectivity index (χ0v) is 16.9. The summed E-state index contributed by atoms with van der Waals surface area (Å²) in [6, 6.07) is 12.1. The third-order valence-electron chi connectivity index (χ3n) is 4.75. The predicted octanol–water partition coefficient (Wildman–Crippen LogP) is 3.77. The van der Waals surface area contributed by atoms with Crippen LogP contribution in [-0.4, -0.2) is 35.3 Å². The SMILES string of the molecule is COc1cc(N2CCCC(C)C2)nc(NC(=S)NC(C)c2ccccc2)n1. The molecular formula is C20H27N5OS. The highest BCUT2D eigenvalue weighted by Crippen LogP contribution is 2.25. The first-order valence-corrected chi connectivity index (χ1v) is 9.76. The van der Waals surface area contributed by atoms with Gasteiger partial charge >= 0.3 is 0 Å². The summed E-state index contributed by atoms with van der Waals surface area (Å²) in [6.07, 6.45) is 2.43. The Labute approximate surface area is 166 Å². The molecule has 0 radical (unpaired) electrons. The lowest BCUT2D eigenvalue weighted by atomic mass is 10.0. The first-order valence-electron chi connectivity index (χ1n) is 9.35. The molecule has 2 N–H and O–H groups in total. The second-order valence-corrected chi connectivity index (χ2v) is 7.42. The highest BCUT2D eigenvalue weighted by Gasteiger charge is 2.19. The third kappa shape index (κ3) is 5.29. The normalized spacial score (nSPS) is 17.9. The molecule has 2 aromatic rings. The number of piperidine rings is 1. The van der Waals surface area contributed by atoms with Crippen molar-refractivity contribution in [2.75, 3.05) is 30.4 Å². The van der Waals surface area contributed by atoms with Crippen LogP contribution in [0.3, 0.4) is 0 Å². The van der Waals surface area contributed by atoms with Crippen molar-refractivity contribution < 1.29 is 4.74 Å². The number of thiocarbonyl (C=S) groups is 1. The highest BCUT2D eigenvalue weighted by molar-refractivity contribution is 7.80. The van der Waals surface area contributed by atoms with Gasteiger partial charge in [0.05, 0.1) is 13.2 Å². The van der Waals surface area contributed by atoms with Crippen LogP contribution in [0.4, 0.5) is 11.8 Å². The monoisotopic (exact) mass is 385 g/mol. The number of hydrogen-bond acceptors (Lipinski definition) is 5. The van der Waals surface area contributed by atoms with Crippen LogP contribution in [0.2, 0.25) is 0 Å². The van der Waals surface area contributed by atoms with E-state index in [4.69, 9.17) is 17.0 Å². The summed E-state index contributed by atoms with van der Waals surface area (Å²) < 4.78 is 5.36. The van der Waals surface area contributed by atoms with Crippen LogP contribution in [0, 0.1) is 5.92 Å². The lowest BCUT2D eigenvalue weighted by molar-refractivity contribution is 0.396. The van der Waals surface area contributed by atoms with Gasteiger partial charge in [-0.15, -0.1) is 0 Å². The topological polar surface area (TPSA) is 62.3 Å². The molecule has 1 aromatic heterocycles. The second-order valence-electron chi connectivity index (χ2n) is 7.02. The third-order valence-corrected chi connectivity index (χ3v) is 4.97. The van der Waals surface area contributed by atoms with Crippen molar-refractivity contribution in [1.29, 1.82) is 0 Å². The lowest BCUT2D eigenvalue weighted by Crippen LogP contribution is -2.35. The lowest BCUT2D eigenvalue weighted by Gasteiger charge is -2.32. The molecule has 1 aromatic carbocycles. The van der Waals surface area contributed by atoms with E-state index >= 15 is 0 Å². The quantitative estimate of drug-likeness (QED) is 0.760. The Morgan fingerprint density at radius 1 is 1.30 bits per heavy atom. The van der Waals surface area contributed by atoms with Crippen molar-refractivity contribution >= 4 is 29.1 Å². The van der Waals surface area contributed by atoms with E-state index in [9.17, 15) is 0 Å². The zero-order chi connectivity index (χ0) is 19.2. The summed E-state index contributed by atoms with van der Waals surface area (Å²) in [4.78, 5) is 11.3. The molecule has 1 saturated heterocycles. The fourth-order valence-corrected chi connectivity index (χ4v) is 3.56. The Bertz CT molecular complexity index is 770. The minimum absolute atomic E-state index is 0.0826. The molecule has 0 bridgehead atoms. The number of benzene rings is 1. The number of hydrogen-bond donors (Lipinski definition) is 2. The maximum absolute atomic E-state index is 5.45. The molecule has 2 heterocycles. The minimum Gasteiger partial charge on any atom is -0.481 e. The van der Waals surface area contributed by atoms with Crippen LogP contribution in [0.25, 0.3) is 0 Å². The van der Waals surface area contributed by atoms with Gasteiger partial charge in [-0.1, -0.05) is 37.3 Å². The molecule has 1 fully saturated rings. The number of anilines is 2. The summed E-state index contributed by atoms with van der Waals surface area (Å²) in [5, 5.41) is 6.86. The molecule has 144 valence electrons. The molecule has 2 unspecified atom stereocenters. The van der Waals surface area contributed by atoms with Crippen molar-refractivity contribution in [1.82, 2.24) is 15.3 Å². The maximum atomic E-state index is 5.45. The molecule has 0 amide bonds. The smallest absolute Gasteiger partial charge is 0.234 e. The highest BCUT2D eigenvalue weighted by atomic mass is 32.1. The molecule has 2 atom stereocenters. The Morgan fingerprint density at radius 3 is 2.78 bits per heavy atom. The average molecular weight is 386 g/mol. The Balaban J connectivity index is 1.70. The standard InChI is InChI=1S/C20H27N5OS/c1-14-8-7-11-25(13-14)17-12-18(26-3)23-19(22-17)24-20(27)21-15(2)16-9-5-4-6-10-16/h4-6,9-10,12,14-15H,7-8,11,13H2,1-3H3,(H2,21,22,23,24,27). The first-order chi connectivity index (χ1) is 13.0. The molecule has 7 heteroatoms. The largest absolute Gasteiger partial charge is 0.481 e. The summed E-state index contributed by atoms with van der Waals surface area (Å²) in [5.74, 6) is 2.50. The average Bonchev–Trinajstić information content (AvgIpc) is 2.68. The molecule has 1 aliphatic rings. The van der Waals surface area contributed by atoms with Gasteiger partial charge in [0.15, 0.2) is 5.11 Å². The molecule has 27 heavy (non-hydrogen) atoms. The van der Waals surface area contributed by atoms with Gasteiger partial charge in [-0.25, -0.2) is 0 Å². The van der Waals surface area contributed by atoms with Gasteiger partial charge in [0.1, 0.15) is 5.82 Å². The van der Waals surface area contributed by atoms with E-state index in [2.05, 4.69) is 51.5 Å². The van der Waals surface area contributed by atoms with Gasteiger partial charge in [0, 0.05) is 19.2 Å². The van der Waals surface area contributed by atoms with E-state index < -0.39 is 0 Å². The molecule has 0 saturated carbocycles. The van der Waals surface area contributed by atoms with Crippen LogP contribution in [-0.2, 0) is 0 Å². The van der Waals surface area contributed by atoms with E-state index in [1.54, 1.807) is 7.11 Å². The Hall–Kier alpha value is -2.41. The number of ether oxygens (including phenoxy) is 1. The van der Waals surface area contributed by atoms with Crippen LogP contribution in [0.15, 0.2) is 36.4 Å². The number of nitrogens with zero attached hydrogens (tertiary/aromatic N) is 3. The first kappa shape index (κ1) is 19.4. The molecule has 0 spiro atoms. The van der Waals surface area contributed by atoms with Crippen LogP contribution in [0.5, 0.6) is 5.88 Å². The number of methoxy groups -OCH3 is 1. The van der Waals surface area contributed by atoms with Gasteiger partial charge < -0.3 is 20.3 Å². The molecule has 1 aliphatic heterocycles. The summed E-state index contributed by atoms with van der Waals surface area (Å²) >= 11 is 5.45. The molecular weight excluding hydrogens is 358 g/mol. The Morgan fingerprint density at radius 2 is 2.07 bits per heavy atom. The number of rotatable bonds is 5. The van der Waals surface area contributed by atoms with E-state index in [1.807, 2.05) is 24.3 Å². The summed E-state index contributed by atoms with van der Waals surface area (Å²) in [7, 11) is 1.61. The summed E-state index contributed by atoms with van der Waals surface area (Å²) in [5.41, 5.74) is 1.16. The van der Waals surface area contributed by atoms with Gasteiger partial charge in [-0.05, 0) is 43.5 Å². The van der Waals surface area contributed by atoms with Gasteiger partial charge in [-0.2, -0.15) is 9.97 Å². The van der Waals surface area contributed by atoms with Crippen LogP contribution < -0.4 is 20.3 Å². The van der Waals surface area contributed by atoms with Crippen molar-refractivity contribution in [3.05, 3.63) is 42.0 Å². The number of aromatic nitrogens is 2. The van der Waals surface area contributed by atoms with E-state index in [0.717, 1.165) is 24.5 Å². The zero-order valence-electron chi connectivity index (χ0n) is 16.1. The van der Waals surface area contributed by atoms with Crippen LogP contribution >= 0.6 is 12.2 Å². The predicted molar refractivity (Wildman–Crippen MR) is 113 cm³/mol. The van der Waals surface area contributed by atoms with E-state index in [-0.39, 0.29) is 6.04 Å². The van der Waals surface area contributed by atoms with Crippen LogP contribution in [0.1, 0.15) is 38.3 Å².